The maximum Gasteiger partial charge on any atom is 0.263 e. The van der Waals surface area contributed by atoms with Crippen LogP contribution >= 0.6 is 23.4 Å². The first-order valence-electron chi connectivity index (χ1n) is 4.49. The highest BCUT2D eigenvalue weighted by atomic mass is 35.5. The number of benzene rings is 1. The topological polar surface area (TPSA) is 55.2 Å². The summed E-state index contributed by atoms with van der Waals surface area (Å²) >= 11 is 7.05. The van der Waals surface area contributed by atoms with Crippen LogP contribution in [-0.4, -0.2) is 11.2 Å². The van der Waals surface area contributed by atoms with E-state index < -0.39 is 4.92 Å². The van der Waals surface area contributed by atoms with Crippen molar-refractivity contribution in [2.45, 2.75) is 6.54 Å². The summed E-state index contributed by atoms with van der Waals surface area (Å²) in [6.07, 6.45) is 2.74. The fourth-order valence-electron chi connectivity index (χ4n) is 1.06. The highest BCUT2D eigenvalue weighted by molar-refractivity contribution is 8.02. The molecule has 0 saturated heterocycles. The van der Waals surface area contributed by atoms with E-state index in [-0.39, 0.29) is 0 Å². The van der Waals surface area contributed by atoms with Crippen LogP contribution in [0.1, 0.15) is 5.56 Å². The van der Waals surface area contributed by atoms with Crippen molar-refractivity contribution in [1.29, 1.82) is 0 Å². The van der Waals surface area contributed by atoms with Crippen molar-refractivity contribution in [2.75, 3.05) is 6.26 Å². The van der Waals surface area contributed by atoms with Gasteiger partial charge in [0, 0.05) is 11.6 Å². The molecule has 0 fully saturated rings. The van der Waals surface area contributed by atoms with Crippen molar-refractivity contribution in [3.63, 3.8) is 0 Å². The van der Waals surface area contributed by atoms with Crippen molar-refractivity contribution >= 4 is 23.4 Å². The molecule has 6 heteroatoms. The Morgan fingerprint density at radius 1 is 1.56 bits per heavy atom. The normalized spacial score (nSPS) is 11.2. The van der Waals surface area contributed by atoms with Gasteiger partial charge in [-0.15, -0.1) is 11.8 Å². The molecule has 4 nitrogen and oxygen atoms in total. The number of rotatable bonds is 5. The molecule has 1 rings (SSSR count). The quantitative estimate of drug-likeness (QED) is 0.652. The molecule has 16 heavy (non-hydrogen) atoms. The summed E-state index contributed by atoms with van der Waals surface area (Å²) in [6.45, 7) is 0.539. The highest BCUT2D eigenvalue weighted by Gasteiger charge is 2.00. The van der Waals surface area contributed by atoms with E-state index in [4.69, 9.17) is 11.6 Å². The summed E-state index contributed by atoms with van der Waals surface area (Å²) in [7, 11) is 0. The van der Waals surface area contributed by atoms with Crippen LogP contribution in [0.15, 0.2) is 35.5 Å². The summed E-state index contributed by atoms with van der Waals surface area (Å²) in [5.41, 5.74) is 1.02. The van der Waals surface area contributed by atoms with Crippen molar-refractivity contribution in [3.8, 4) is 0 Å². The van der Waals surface area contributed by atoms with Crippen LogP contribution < -0.4 is 5.32 Å². The number of halogens is 1. The van der Waals surface area contributed by atoms with E-state index in [1.54, 1.807) is 18.4 Å². The van der Waals surface area contributed by atoms with Crippen LogP contribution in [0.2, 0.25) is 5.02 Å². The Kier molecular flexibility index (Phi) is 5.14. The Bertz CT molecular complexity index is 392. The Labute approximate surface area is 103 Å². The van der Waals surface area contributed by atoms with E-state index in [1.807, 2.05) is 12.1 Å². The van der Waals surface area contributed by atoms with E-state index in [2.05, 4.69) is 5.32 Å². The zero-order valence-corrected chi connectivity index (χ0v) is 10.2. The molecule has 0 heterocycles. The van der Waals surface area contributed by atoms with Crippen LogP contribution in [-0.2, 0) is 6.54 Å². The number of nitrogens with one attached hydrogen (secondary N) is 1. The van der Waals surface area contributed by atoms with Crippen LogP contribution in [0.25, 0.3) is 0 Å². The molecule has 0 aliphatic carbocycles. The van der Waals surface area contributed by atoms with Gasteiger partial charge in [0.15, 0.2) is 0 Å². The summed E-state index contributed by atoms with van der Waals surface area (Å²) in [6, 6.07) is 7.32. The number of hydrogen-bond acceptors (Lipinski definition) is 4. The summed E-state index contributed by atoms with van der Waals surface area (Å²) < 4.78 is 0. The van der Waals surface area contributed by atoms with Crippen molar-refractivity contribution in [3.05, 3.63) is 56.2 Å². The highest BCUT2D eigenvalue weighted by Crippen LogP contribution is 2.12. The van der Waals surface area contributed by atoms with E-state index >= 15 is 0 Å². The predicted molar refractivity (Wildman–Crippen MR) is 66.9 cm³/mol. The van der Waals surface area contributed by atoms with Crippen molar-refractivity contribution < 1.29 is 4.92 Å². The smallest absolute Gasteiger partial charge is 0.263 e. The lowest BCUT2D eigenvalue weighted by atomic mass is 10.2. The lowest BCUT2D eigenvalue weighted by Crippen LogP contribution is -2.11. The molecule has 1 N–H and O–H groups in total. The third kappa shape index (κ3) is 4.55. The molecule has 0 unspecified atom stereocenters. The van der Waals surface area contributed by atoms with Gasteiger partial charge in [-0.05, 0) is 24.0 Å². The minimum atomic E-state index is -0.472. The molecule has 0 aliphatic heterocycles. The molecule has 0 aromatic heterocycles. The molecule has 1 aromatic rings. The van der Waals surface area contributed by atoms with Gasteiger partial charge >= 0.3 is 0 Å². The average molecular weight is 259 g/mol. The van der Waals surface area contributed by atoms with E-state index in [1.165, 1.54) is 11.8 Å². The fourth-order valence-corrected chi connectivity index (χ4v) is 1.59. The maximum absolute atomic E-state index is 10.3. The predicted octanol–water partition coefficient (Wildman–Crippen LogP) is 2.87. The third-order valence-corrected chi connectivity index (χ3v) is 2.76. The molecule has 0 bridgehead atoms. The van der Waals surface area contributed by atoms with Gasteiger partial charge < -0.3 is 5.32 Å². The van der Waals surface area contributed by atoms with Gasteiger partial charge in [0.05, 0.1) is 4.92 Å². The monoisotopic (exact) mass is 258 g/mol. The molecule has 0 amide bonds. The maximum atomic E-state index is 10.3. The van der Waals surface area contributed by atoms with Gasteiger partial charge in [-0.25, -0.2) is 0 Å². The van der Waals surface area contributed by atoms with Crippen LogP contribution in [0.5, 0.6) is 0 Å². The first-order chi connectivity index (χ1) is 7.61. The van der Waals surface area contributed by atoms with E-state index in [0.29, 0.717) is 16.6 Å². The second-order valence-electron chi connectivity index (χ2n) is 2.96. The summed E-state index contributed by atoms with van der Waals surface area (Å²) in [5.74, 6) is 0. The molecular formula is C10H11ClN2O2S. The standard InChI is InChI=1S/C10H11ClN2O2S/c1-16-10(7-13(14)15)12-6-8-2-4-9(11)5-3-8/h2-5,7,12H,6H2,1H3. The summed E-state index contributed by atoms with van der Waals surface area (Å²) in [4.78, 5) is 9.81. The van der Waals surface area contributed by atoms with Gasteiger partial charge in [-0.1, -0.05) is 23.7 Å². The minimum Gasteiger partial charge on any atom is -0.371 e. The third-order valence-electron chi connectivity index (χ3n) is 1.82. The second-order valence-corrected chi connectivity index (χ2v) is 4.25. The van der Waals surface area contributed by atoms with Gasteiger partial charge in [0.2, 0.25) is 0 Å². The van der Waals surface area contributed by atoms with Gasteiger partial charge in [-0.3, -0.25) is 10.1 Å². The zero-order valence-electron chi connectivity index (χ0n) is 8.64. The van der Waals surface area contributed by atoms with Gasteiger partial charge in [0.25, 0.3) is 6.20 Å². The first-order valence-corrected chi connectivity index (χ1v) is 6.09. The van der Waals surface area contributed by atoms with Gasteiger partial charge in [-0.2, -0.15) is 0 Å². The van der Waals surface area contributed by atoms with Crippen LogP contribution in [0.3, 0.4) is 0 Å². The fraction of sp³-hybridized carbons (Fsp3) is 0.200. The first kappa shape index (κ1) is 12.9. The lowest BCUT2D eigenvalue weighted by molar-refractivity contribution is -0.403. The largest absolute Gasteiger partial charge is 0.371 e. The number of thioether (sulfide) groups is 1. The van der Waals surface area contributed by atoms with E-state index in [9.17, 15) is 10.1 Å². The molecule has 86 valence electrons. The molecule has 0 spiro atoms. The average Bonchev–Trinajstić information content (AvgIpc) is 2.26. The molecule has 1 aromatic carbocycles. The lowest BCUT2D eigenvalue weighted by Gasteiger charge is -2.06. The Morgan fingerprint density at radius 3 is 2.69 bits per heavy atom. The molecular weight excluding hydrogens is 248 g/mol. The Morgan fingerprint density at radius 2 is 2.19 bits per heavy atom. The molecule has 0 atom stereocenters. The molecule has 0 aliphatic rings. The number of hydrogen-bond donors (Lipinski definition) is 1. The minimum absolute atomic E-state index is 0.472. The SMILES string of the molecule is CSC(=C[N+](=O)[O-])NCc1ccc(Cl)cc1. The zero-order chi connectivity index (χ0) is 12.0. The van der Waals surface area contributed by atoms with Crippen molar-refractivity contribution in [1.82, 2.24) is 5.32 Å². The summed E-state index contributed by atoms with van der Waals surface area (Å²) in [5, 5.41) is 14.5. The number of nitrogens with zero attached hydrogens (tertiary/aromatic N) is 1. The number of nitro groups is 1. The van der Waals surface area contributed by atoms with Crippen LogP contribution in [0.4, 0.5) is 0 Å². The second kappa shape index (κ2) is 6.40. The van der Waals surface area contributed by atoms with E-state index in [0.717, 1.165) is 11.8 Å². The molecule has 0 saturated carbocycles. The van der Waals surface area contributed by atoms with Crippen molar-refractivity contribution in [2.24, 2.45) is 0 Å². The van der Waals surface area contributed by atoms with Crippen LogP contribution in [0, 0.1) is 10.1 Å². The van der Waals surface area contributed by atoms with Gasteiger partial charge in [0.1, 0.15) is 5.03 Å². The molecule has 0 radical (unpaired) electrons. The Balaban J connectivity index is 2.56. The Hall–Kier alpha value is -1.20.